The van der Waals surface area contributed by atoms with E-state index in [1.165, 1.54) is 4.90 Å². The smallest absolute Gasteiger partial charge is 0.285 e. The minimum Gasteiger partial charge on any atom is -0.488 e. The number of carbonyl (C=O) groups is 3. The van der Waals surface area contributed by atoms with Crippen LogP contribution in [-0.2, 0) is 21.0 Å². The van der Waals surface area contributed by atoms with Gasteiger partial charge in [0.15, 0.2) is 5.17 Å². The van der Waals surface area contributed by atoms with Gasteiger partial charge in [-0.05, 0) is 86.8 Å². The molecule has 0 bridgehead atoms. The van der Waals surface area contributed by atoms with Crippen LogP contribution >= 0.6 is 34.4 Å². The van der Waals surface area contributed by atoms with Crippen molar-refractivity contribution in [3.63, 3.8) is 0 Å². The average Bonchev–Trinajstić information content (AvgIpc) is 3.19. The second-order valence-corrected chi connectivity index (χ2v) is 14.0. The quantitative estimate of drug-likeness (QED) is 0.0587. The van der Waals surface area contributed by atoms with E-state index in [4.69, 9.17) is 4.74 Å². The van der Waals surface area contributed by atoms with Gasteiger partial charge in [-0.3, -0.25) is 19.3 Å². The second kappa shape index (κ2) is 17.8. The number of nitrogens with zero attached hydrogens (tertiary/aromatic N) is 2. The van der Waals surface area contributed by atoms with Crippen molar-refractivity contribution in [1.82, 2.24) is 10.2 Å². The normalized spacial score (nSPS) is 14.2. The van der Waals surface area contributed by atoms with Crippen LogP contribution in [0.3, 0.4) is 0 Å². The molecule has 0 aliphatic carbocycles. The Kier molecular flexibility index (Phi) is 12.5. The van der Waals surface area contributed by atoms with Gasteiger partial charge in [0.05, 0.1) is 15.4 Å². The highest BCUT2D eigenvalue weighted by Crippen LogP contribution is 2.30. The Balaban J connectivity index is 1.22. The van der Waals surface area contributed by atoms with Crippen molar-refractivity contribution in [2.24, 2.45) is 4.99 Å². The lowest BCUT2D eigenvalue weighted by molar-refractivity contribution is -0.126. The van der Waals surface area contributed by atoms with E-state index in [2.05, 4.69) is 63.7 Å². The minimum atomic E-state index is -0.685. The van der Waals surface area contributed by atoms with Gasteiger partial charge in [-0.25, -0.2) is 0 Å². The number of rotatable bonds is 12. The molecule has 0 saturated heterocycles. The van der Waals surface area contributed by atoms with Gasteiger partial charge in [0.25, 0.3) is 11.8 Å². The van der Waals surface area contributed by atoms with E-state index in [0.717, 1.165) is 42.8 Å². The van der Waals surface area contributed by atoms with Crippen molar-refractivity contribution in [2.75, 3.05) is 5.75 Å². The van der Waals surface area contributed by atoms with Gasteiger partial charge in [0.2, 0.25) is 5.91 Å². The van der Waals surface area contributed by atoms with E-state index in [1.54, 1.807) is 43.4 Å². The summed E-state index contributed by atoms with van der Waals surface area (Å²) in [5.41, 5.74) is 3.96. The number of carbonyl (C=O) groups excluding carboxylic acids is 3. The molecule has 0 aromatic heterocycles. The van der Waals surface area contributed by atoms with Crippen molar-refractivity contribution in [1.29, 1.82) is 0 Å². The van der Waals surface area contributed by atoms with Crippen molar-refractivity contribution in [3.8, 4) is 5.75 Å². The molecule has 0 atom stereocenters. The molecule has 6 rings (SSSR count). The zero-order valence-corrected chi connectivity index (χ0v) is 31.9. The number of thioether (sulfide) groups is 1. The number of hydrogen-bond acceptors (Lipinski definition) is 5. The van der Waals surface area contributed by atoms with Crippen LogP contribution in [0.1, 0.15) is 35.2 Å². The minimum absolute atomic E-state index is 0.0777. The predicted molar refractivity (Wildman–Crippen MR) is 223 cm³/mol. The summed E-state index contributed by atoms with van der Waals surface area (Å²) in [4.78, 5) is 46.8. The summed E-state index contributed by atoms with van der Waals surface area (Å²) < 4.78 is 7.02. The Morgan fingerprint density at radius 3 is 2.28 bits per heavy atom. The first kappa shape index (κ1) is 37.2. The second-order valence-electron chi connectivity index (χ2n) is 11.9. The maximum Gasteiger partial charge on any atom is 0.285 e. The molecule has 0 unspecified atom stereocenters. The zero-order chi connectivity index (χ0) is 37.2. The molecule has 5 aromatic carbocycles. The molecular weight excluding hydrogens is 793 g/mol. The predicted octanol–water partition coefficient (Wildman–Crippen LogP) is 9.42. The molecule has 5 aromatic rings. The molecule has 264 valence electrons. The summed E-state index contributed by atoms with van der Waals surface area (Å²) in [5.74, 6) is -0.905. The third-order valence-corrected chi connectivity index (χ3v) is 10.2. The number of amides is 3. The van der Waals surface area contributed by atoms with Gasteiger partial charge in [-0.2, -0.15) is 4.99 Å². The van der Waals surface area contributed by atoms with Crippen molar-refractivity contribution in [3.05, 3.63) is 189 Å². The number of nitrogens with one attached hydrogen (secondary N) is 1. The molecule has 7 nitrogen and oxygen atoms in total. The molecule has 0 spiro atoms. The number of benzene rings is 5. The van der Waals surface area contributed by atoms with Crippen LogP contribution in [0.4, 0.5) is 0 Å². The van der Waals surface area contributed by atoms with Crippen molar-refractivity contribution >= 4 is 74.1 Å². The van der Waals surface area contributed by atoms with Crippen LogP contribution in [0.2, 0.25) is 0 Å². The van der Waals surface area contributed by atoms with E-state index < -0.39 is 11.8 Å². The van der Waals surface area contributed by atoms with E-state index in [0.29, 0.717) is 23.6 Å². The Morgan fingerprint density at radius 1 is 0.925 bits per heavy atom. The lowest BCUT2D eigenvalue weighted by atomic mass is 9.99. The molecule has 0 radical (unpaired) electrons. The highest BCUT2D eigenvalue weighted by Gasteiger charge is 2.35. The fourth-order valence-electron chi connectivity index (χ4n) is 5.86. The average molecular weight is 830 g/mol. The molecule has 9 heteroatoms. The lowest BCUT2D eigenvalue weighted by Gasteiger charge is -2.28. The Bertz CT molecular complexity index is 2240. The lowest BCUT2D eigenvalue weighted by Crippen LogP contribution is -2.42. The van der Waals surface area contributed by atoms with Gasteiger partial charge >= 0.3 is 0 Å². The standard InChI is InChI=1S/C44H36IN3O4S/c1-3-5-22-35(4-2)48-43(51)37(26-30-24-25-39(38(45)27-30)52-28-34-21-14-20-31-15-12-13-23-36(31)34)42(50)47-44(48)53-29-40(49)46-41(32-16-8-6-9-17-32)33-18-10-7-11-19-33/h3-27,41H,1,28-29H2,2H3,(H,46,49)/b22-5-,35-4+,37-26+. The molecule has 0 saturated carbocycles. The van der Waals surface area contributed by atoms with Crippen LogP contribution in [0.25, 0.3) is 16.8 Å². The maximum atomic E-state index is 14.1. The van der Waals surface area contributed by atoms with Crippen LogP contribution in [0, 0.1) is 3.57 Å². The Morgan fingerprint density at radius 2 is 1.60 bits per heavy atom. The maximum absolute atomic E-state index is 14.1. The largest absolute Gasteiger partial charge is 0.488 e. The number of allylic oxidation sites excluding steroid dienone is 4. The van der Waals surface area contributed by atoms with Crippen LogP contribution in [0.15, 0.2) is 168 Å². The van der Waals surface area contributed by atoms with Crippen molar-refractivity contribution in [2.45, 2.75) is 19.6 Å². The van der Waals surface area contributed by atoms with Gasteiger partial charge in [-0.15, -0.1) is 0 Å². The summed E-state index contributed by atoms with van der Waals surface area (Å²) in [6, 6.07) is 38.8. The molecule has 1 aliphatic heterocycles. The molecule has 1 N–H and O–H groups in total. The van der Waals surface area contributed by atoms with E-state index in [9.17, 15) is 14.4 Å². The number of halogens is 1. The summed E-state index contributed by atoms with van der Waals surface area (Å²) in [5, 5.41) is 5.50. The summed E-state index contributed by atoms with van der Waals surface area (Å²) in [7, 11) is 0. The summed E-state index contributed by atoms with van der Waals surface area (Å²) in [6.45, 7) is 5.92. The SMILES string of the molecule is C=C/C=C\C(=C/C)N1C(=O)/C(=C/c2ccc(OCc3cccc4ccccc34)c(I)c2)C(=O)N=C1SCC(=O)NC(c1ccccc1)c1ccccc1. The summed E-state index contributed by atoms with van der Waals surface area (Å²) >= 11 is 3.22. The van der Waals surface area contributed by atoms with E-state index in [1.807, 2.05) is 91.0 Å². The molecule has 0 fully saturated rings. The fourth-order valence-corrected chi connectivity index (χ4v) is 7.36. The monoisotopic (exact) mass is 829 g/mol. The number of aliphatic imine (C=N–C) groups is 1. The number of hydrogen-bond donors (Lipinski definition) is 1. The van der Waals surface area contributed by atoms with Crippen LogP contribution < -0.4 is 10.1 Å². The molecule has 1 aliphatic rings. The molecule has 3 amide bonds. The van der Waals surface area contributed by atoms with Gasteiger partial charge < -0.3 is 10.1 Å². The van der Waals surface area contributed by atoms with Gasteiger partial charge in [0, 0.05) is 5.70 Å². The number of fused-ring (bicyclic) bond motifs is 1. The highest BCUT2D eigenvalue weighted by molar-refractivity contribution is 14.1. The third kappa shape index (κ3) is 9.11. The van der Waals surface area contributed by atoms with Crippen molar-refractivity contribution < 1.29 is 19.1 Å². The van der Waals surface area contributed by atoms with Crippen LogP contribution in [0.5, 0.6) is 5.75 Å². The molecule has 1 heterocycles. The molecular formula is C44H36IN3O4S. The van der Waals surface area contributed by atoms with Gasteiger partial charge in [0.1, 0.15) is 17.9 Å². The van der Waals surface area contributed by atoms with Crippen LogP contribution in [-0.4, -0.2) is 33.5 Å². The summed E-state index contributed by atoms with van der Waals surface area (Å²) in [6.07, 6.45) is 8.28. The Hall–Kier alpha value is -5.52. The highest BCUT2D eigenvalue weighted by atomic mass is 127. The fraction of sp³-hybridized carbons (Fsp3) is 0.0909. The third-order valence-electron chi connectivity index (χ3n) is 8.44. The van der Waals surface area contributed by atoms with Gasteiger partial charge in [-0.1, -0.05) is 146 Å². The Labute approximate surface area is 327 Å². The van der Waals surface area contributed by atoms with E-state index in [-0.39, 0.29) is 28.4 Å². The number of amidine groups is 1. The first-order valence-corrected chi connectivity index (χ1v) is 19.0. The zero-order valence-electron chi connectivity index (χ0n) is 28.9. The van der Waals surface area contributed by atoms with E-state index >= 15 is 0 Å². The molecule has 53 heavy (non-hydrogen) atoms. The first-order valence-electron chi connectivity index (χ1n) is 16.9. The topological polar surface area (TPSA) is 88.1 Å². The first-order chi connectivity index (χ1) is 25.9. The number of ether oxygens (including phenoxy) is 1.